The number of esters is 1. The number of ether oxygens (including phenoxy) is 1. The van der Waals surface area contributed by atoms with Gasteiger partial charge in [0.1, 0.15) is 11.2 Å². The van der Waals surface area contributed by atoms with Crippen LogP contribution < -0.4 is 0 Å². The van der Waals surface area contributed by atoms with Gasteiger partial charge in [0.15, 0.2) is 0 Å². The smallest absolute Gasteiger partial charge is 0.307 e. The van der Waals surface area contributed by atoms with Crippen LogP contribution in [0.25, 0.3) is 0 Å². The van der Waals surface area contributed by atoms with Gasteiger partial charge in [-0.15, -0.1) is 0 Å². The molecule has 1 aromatic heterocycles. The molecular weight excluding hydrogens is 332 g/mol. The van der Waals surface area contributed by atoms with E-state index in [0.29, 0.717) is 31.6 Å². The second-order valence-electron chi connectivity index (χ2n) is 8.08. The van der Waals surface area contributed by atoms with Crippen molar-refractivity contribution in [1.29, 1.82) is 0 Å². The minimum Gasteiger partial charge on any atom is -0.458 e. The topological polar surface area (TPSA) is 79.7 Å². The molecule has 1 saturated carbocycles. The zero-order valence-corrected chi connectivity index (χ0v) is 15.2. The van der Waals surface area contributed by atoms with Crippen molar-refractivity contribution in [3.63, 3.8) is 0 Å². The Morgan fingerprint density at radius 2 is 1.92 bits per heavy atom. The molecule has 26 heavy (non-hydrogen) atoms. The monoisotopic (exact) mass is 358 g/mol. The normalized spacial score (nSPS) is 26.9. The number of hydrogen-bond acceptors (Lipinski definition) is 5. The fraction of sp³-hybridized carbons (Fsp3) is 0.650. The van der Waals surface area contributed by atoms with E-state index in [1.54, 1.807) is 11.1 Å². The lowest BCUT2D eigenvalue weighted by Gasteiger charge is -2.40. The molecule has 6 heteroatoms. The van der Waals surface area contributed by atoms with Gasteiger partial charge in [0.05, 0.1) is 18.0 Å². The molecule has 0 unspecified atom stereocenters. The second-order valence-corrected chi connectivity index (χ2v) is 8.08. The molecule has 1 amide bonds. The zero-order chi connectivity index (χ0) is 18.4. The fourth-order valence-electron chi connectivity index (χ4n) is 4.75. The average molecular weight is 358 g/mol. The third-order valence-corrected chi connectivity index (χ3v) is 6.36. The number of likely N-dealkylation sites (tertiary alicyclic amines) is 1. The van der Waals surface area contributed by atoms with Gasteiger partial charge < -0.3 is 14.7 Å². The van der Waals surface area contributed by atoms with Crippen molar-refractivity contribution in [3.8, 4) is 0 Å². The van der Waals surface area contributed by atoms with Gasteiger partial charge in [0.25, 0.3) is 0 Å². The molecule has 0 aromatic carbocycles. The summed E-state index contributed by atoms with van der Waals surface area (Å²) in [6.07, 6.45) is 6.48. The first-order chi connectivity index (χ1) is 12.4. The van der Waals surface area contributed by atoms with Crippen LogP contribution in [0.15, 0.2) is 18.3 Å². The number of amides is 1. The van der Waals surface area contributed by atoms with Crippen LogP contribution in [0.3, 0.4) is 0 Å². The van der Waals surface area contributed by atoms with Crippen molar-refractivity contribution < 1.29 is 19.4 Å². The summed E-state index contributed by atoms with van der Waals surface area (Å²) < 4.78 is 5.61. The maximum atomic E-state index is 13.1. The van der Waals surface area contributed by atoms with Crippen molar-refractivity contribution in [2.24, 2.45) is 5.92 Å². The maximum absolute atomic E-state index is 13.1. The van der Waals surface area contributed by atoms with Crippen LogP contribution in [0.5, 0.6) is 0 Å². The van der Waals surface area contributed by atoms with E-state index in [2.05, 4.69) is 4.98 Å². The predicted octanol–water partition coefficient (Wildman–Crippen LogP) is 2.08. The van der Waals surface area contributed by atoms with Gasteiger partial charge in [0.2, 0.25) is 5.91 Å². The number of aliphatic hydroxyl groups is 1. The zero-order valence-electron chi connectivity index (χ0n) is 15.2. The standard InChI is InChI=1S/C20H26N2O4/c1-14-4-5-16(21-13-14)19(25)8-10-22(11-9-19)18(24)15-12-17(23)26-20(15)6-2-3-7-20/h4-5,13,15,25H,2-3,6-12H2,1H3/t15-/m0/s1. The maximum Gasteiger partial charge on any atom is 0.307 e. The van der Waals surface area contributed by atoms with E-state index in [-0.39, 0.29) is 24.2 Å². The first-order valence-corrected chi connectivity index (χ1v) is 9.58. The van der Waals surface area contributed by atoms with Gasteiger partial charge >= 0.3 is 5.97 Å². The van der Waals surface area contributed by atoms with E-state index in [9.17, 15) is 14.7 Å². The van der Waals surface area contributed by atoms with Crippen molar-refractivity contribution in [2.75, 3.05) is 13.1 Å². The van der Waals surface area contributed by atoms with Crippen molar-refractivity contribution in [3.05, 3.63) is 29.6 Å². The molecule has 3 heterocycles. The van der Waals surface area contributed by atoms with E-state index in [4.69, 9.17) is 4.74 Å². The quantitative estimate of drug-likeness (QED) is 0.819. The Hall–Kier alpha value is -1.95. The van der Waals surface area contributed by atoms with Gasteiger partial charge in [-0.05, 0) is 57.1 Å². The fourth-order valence-corrected chi connectivity index (χ4v) is 4.75. The number of carbonyl (C=O) groups excluding carboxylic acids is 2. The highest BCUT2D eigenvalue weighted by Crippen LogP contribution is 2.46. The molecule has 1 atom stereocenters. The Labute approximate surface area is 153 Å². The number of aromatic nitrogens is 1. The highest BCUT2D eigenvalue weighted by atomic mass is 16.6. The van der Waals surface area contributed by atoms with E-state index >= 15 is 0 Å². The molecule has 1 N–H and O–H groups in total. The summed E-state index contributed by atoms with van der Waals surface area (Å²) in [5.74, 6) is -0.597. The molecule has 2 saturated heterocycles. The summed E-state index contributed by atoms with van der Waals surface area (Å²) in [6.45, 7) is 2.92. The van der Waals surface area contributed by atoms with Gasteiger partial charge in [-0.1, -0.05) is 6.07 Å². The lowest BCUT2D eigenvalue weighted by Crippen LogP contribution is -2.50. The summed E-state index contributed by atoms with van der Waals surface area (Å²) >= 11 is 0. The molecule has 0 bridgehead atoms. The van der Waals surface area contributed by atoms with E-state index in [0.717, 1.165) is 31.2 Å². The summed E-state index contributed by atoms with van der Waals surface area (Å²) in [5, 5.41) is 11.0. The van der Waals surface area contributed by atoms with Crippen LogP contribution >= 0.6 is 0 Å². The Balaban J connectivity index is 1.45. The van der Waals surface area contributed by atoms with Crippen molar-refractivity contribution in [1.82, 2.24) is 9.88 Å². The van der Waals surface area contributed by atoms with Gasteiger partial charge in [-0.25, -0.2) is 0 Å². The summed E-state index contributed by atoms with van der Waals surface area (Å²) in [4.78, 5) is 31.1. The molecule has 0 radical (unpaired) electrons. The van der Waals surface area contributed by atoms with E-state index < -0.39 is 11.2 Å². The molecule has 2 aliphatic heterocycles. The van der Waals surface area contributed by atoms with Gasteiger partial charge in [-0.3, -0.25) is 14.6 Å². The highest BCUT2D eigenvalue weighted by Gasteiger charge is 2.55. The van der Waals surface area contributed by atoms with Crippen LogP contribution in [-0.4, -0.2) is 45.6 Å². The van der Waals surface area contributed by atoms with Crippen molar-refractivity contribution >= 4 is 11.9 Å². The minimum atomic E-state index is -0.989. The molecule has 1 aliphatic carbocycles. The number of hydrogen-bond donors (Lipinski definition) is 1. The first-order valence-electron chi connectivity index (χ1n) is 9.58. The Kier molecular flexibility index (Phi) is 4.26. The number of carbonyl (C=O) groups is 2. The second kappa shape index (κ2) is 6.34. The SMILES string of the molecule is Cc1ccc(C2(O)CCN(C(=O)[C@@H]3CC(=O)OC34CCCC4)CC2)nc1. The molecule has 1 spiro atoms. The van der Waals surface area contributed by atoms with Crippen LogP contribution in [0.2, 0.25) is 0 Å². The molecule has 6 nitrogen and oxygen atoms in total. The largest absolute Gasteiger partial charge is 0.458 e. The molecule has 1 aromatic rings. The Bertz CT molecular complexity index is 701. The number of rotatable bonds is 2. The summed E-state index contributed by atoms with van der Waals surface area (Å²) in [6, 6.07) is 3.81. The first kappa shape index (κ1) is 17.5. The minimum absolute atomic E-state index is 0.0108. The molecule has 140 valence electrons. The molecular formula is C20H26N2O4. The average Bonchev–Trinajstić information content (AvgIpc) is 3.22. The van der Waals surface area contributed by atoms with E-state index in [1.165, 1.54) is 0 Å². The summed E-state index contributed by atoms with van der Waals surface area (Å²) in [7, 11) is 0. The molecule has 3 fully saturated rings. The molecule has 3 aliphatic rings. The van der Waals surface area contributed by atoms with Gasteiger partial charge in [-0.2, -0.15) is 0 Å². The Morgan fingerprint density at radius 1 is 1.23 bits per heavy atom. The summed E-state index contributed by atoms with van der Waals surface area (Å²) in [5.41, 5.74) is 0.164. The number of pyridine rings is 1. The third-order valence-electron chi connectivity index (χ3n) is 6.36. The van der Waals surface area contributed by atoms with Gasteiger partial charge in [0, 0.05) is 19.3 Å². The Morgan fingerprint density at radius 3 is 2.54 bits per heavy atom. The number of aryl methyl sites for hydroxylation is 1. The lowest BCUT2D eigenvalue weighted by molar-refractivity contribution is -0.153. The number of piperidine rings is 1. The lowest BCUT2D eigenvalue weighted by atomic mass is 9.82. The predicted molar refractivity (Wildman–Crippen MR) is 94.1 cm³/mol. The van der Waals surface area contributed by atoms with Crippen molar-refractivity contribution in [2.45, 2.75) is 63.1 Å². The van der Waals surface area contributed by atoms with E-state index in [1.807, 2.05) is 19.1 Å². The third kappa shape index (κ3) is 2.90. The highest BCUT2D eigenvalue weighted by molar-refractivity contribution is 5.88. The van der Waals surface area contributed by atoms with Crippen LogP contribution in [-0.2, 0) is 19.9 Å². The van der Waals surface area contributed by atoms with Crippen LogP contribution in [0.4, 0.5) is 0 Å². The molecule has 4 rings (SSSR count). The van der Waals surface area contributed by atoms with Crippen LogP contribution in [0.1, 0.15) is 56.2 Å². The number of nitrogens with zero attached hydrogens (tertiary/aromatic N) is 2. The van der Waals surface area contributed by atoms with Crippen LogP contribution in [0, 0.1) is 12.8 Å².